The molecule has 3 rings (SSSR count). The average molecular weight is 308 g/mol. The Morgan fingerprint density at radius 2 is 1.35 bits per heavy atom. The molecule has 1 heterocycles. The van der Waals surface area contributed by atoms with Gasteiger partial charge in [-0.3, -0.25) is 9.69 Å². The molecular formula is C20H24N2O. The number of piperazine rings is 1. The lowest BCUT2D eigenvalue weighted by Crippen LogP contribution is -2.48. The fourth-order valence-electron chi connectivity index (χ4n) is 3.05. The van der Waals surface area contributed by atoms with Gasteiger partial charge in [-0.25, -0.2) is 0 Å². The summed E-state index contributed by atoms with van der Waals surface area (Å²) < 4.78 is 0. The molecule has 23 heavy (non-hydrogen) atoms. The van der Waals surface area contributed by atoms with E-state index in [1.54, 1.807) is 0 Å². The molecule has 1 aliphatic heterocycles. The molecule has 0 N–H and O–H groups in total. The fourth-order valence-corrected chi connectivity index (χ4v) is 3.05. The molecule has 0 aliphatic carbocycles. The van der Waals surface area contributed by atoms with E-state index in [1.165, 1.54) is 11.1 Å². The Hall–Kier alpha value is -2.13. The summed E-state index contributed by atoms with van der Waals surface area (Å²) in [7, 11) is 0. The van der Waals surface area contributed by atoms with E-state index in [-0.39, 0.29) is 5.91 Å². The van der Waals surface area contributed by atoms with Gasteiger partial charge in [-0.2, -0.15) is 0 Å². The number of hydrogen-bond donors (Lipinski definition) is 0. The normalized spacial score (nSPS) is 15.6. The number of carbonyl (C=O) groups excluding carboxylic acids is 1. The van der Waals surface area contributed by atoms with Crippen LogP contribution in [0.25, 0.3) is 0 Å². The Morgan fingerprint density at radius 1 is 0.783 bits per heavy atom. The molecule has 2 aromatic rings. The van der Waals surface area contributed by atoms with Gasteiger partial charge in [0.15, 0.2) is 0 Å². The van der Waals surface area contributed by atoms with E-state index in [0.29, 0.717) is 6.42 Å². The number of hydrogen-bond acceptors (Lipinski definition) is 2. The lowest BCUT2D eigenvalue weighted by molar-refractivity contribution is -0.133. The van der Waals surface area contributed by atoms with Crippen LogP contribution in [0.5, 0.6) is 0 Å². The van der Waals surface area contributed by atoms with Crippen LogP contribution in [0, 0.1) is 0 Å². The Kier molecular flexibility index (Phi) is 5.43. The van der Waals surface area contributed by atoms with Crippen LogP contribution in [0.1, 0.15) is 17.5 Å². The van der Waals surface area contributed by atoms with Crippen LogP contribution in [-0.2, 0) is 17.8 Å². The summed E-state index contributed by atoms with van der Waals surface area (Å²) in [5, 5.41) is 0. The second-order valence-electron chi connectivity index (χ2n) is 6.13. The summed E-state index contributed by atoms with van der Waals surface area (Å²) >= 11 is 0. The number of rotatable bonds is 5. The van der Waals surface area contributed by atoms with Crippen LogP contribution in [0.4, 0.5) is 0 Å². The first-order chi connectivity index (χ1) is 11.3. The third-order valence-electron chi connectivity index (χ3n) is 4.44. The van der Waals surface area contributed by atoms with Crippen molar-refractivity contribution in [1.29, 1.82) is 0 Å². The molecule has 3 nitrogen and oxygen atoms in total. The van der Waals surface area contributed by atoms with Crippen molar-refractivity contribution in [3.8, 4) is 0 Å². The van der Waals surface area contributed by atoms with Gasteiger partial charge in [0.05, 0.1) is 0 Å². The minimum Gasteiger partial charge on any atom is -0.340 e. The quantitative estimate of drug-likeness (QED) is 0.848. The Morgan fingerprint density at radius 3 is 1.96 bits per heavy atom. The van der Waals surface area contributed by atoms with Crippen molar-refractivity contribution in [3.63, 3.8) is 0 Å². The Labute approximate surface area is 138 Å². The largest absolute Gasteiger partial charge is 0.340 e. The maximum absolute atomic E-state index is 12.3. The van der Waals surface area contributed by atoms with Gasteiger partial charge in [-0.15, -0.1) is 0 Å². The van der Waals surface area contributed by atoms with Crippen LogP contribution in [0.15, 0.2) is 60.7 Å². The first kappa shape index (κ1) is 15.8. The van der Waals surface area contributed by atoms with Gasteiger partial charge in [-0.1, -0.05) is 60.7 Å². The molecule has 120 valence electrons. The summed E-state index contributed by atoms with van der Waals surface area (Å²) in [6.45, 7) is 4.60. The zero-order valence-corrected chi connectivity index (χ0v) is 13.5. The van der Waals surface area contributed by atoms with Gasteiger partial charge >= 0.3 is 0 Å². The maximum atomic E-state index is 12.3. The summed E-state index contributed by atoms with van der Waals surface area (Å²) in [5.41, 5.74) is 2.58. The van der Waals surface area contributed by atoms with Crippen LogP contribution in [0.3, 0.4) is 0 Å². The molecule has 0 bridgehead atoms. The number of nitrogens with zero attached hydrogens (tertiary/aromatic N) is 2. The van der Waals surface area contributed by atoms with Crippen molar-refractivity contribution in [3.05, 3.63) is 71.8 Å². The summed E-state index contributed by atoms with van der Waals surface area (Å²) in [6, 6.07) is 20.8. The molecule has 0 atom stereocenters. The molecule has 1 aliphatic rings. The van der Waals surface area contributed by atoms with Crippen LogP contribution < -0.4 is 0 Å². The van der Waals surface area contributed by atoms with Gasteiger partial charge in [0.2, 0.25) is 5.91 Å². The summed E-state index contributed by atoms with van der Waals surface area (Å²) in [5.74, 6) is 0.285. The highest BCUT2D eigenvalue weighted by Gasteiger charge is 2.20. The Bertz CT molecular complexity index is 604. The van der Waals surface area contributed by atoms with E-state index in [0.717, 1.165) is 39.1 Å². The second-order valence-corrected chi connectivity index (χ2v) is 6.13. The first-order valence-electron chi connectivity index (χ1n) is 8.39. The van der Waals surface area contributed by atoms with Gasteiger partial charge in [0.1, 0.15) is 0 Å². The highest BCUT2D eigenvalue weighted by atomic mass is 16.2. The van der Waals surface area contributed by atoms with E-state index >= 15 is 0 Å². The standard InChI is InChI=1S/C20H24N2O/c23-20(12-11-18-7-3-1-4-8-18)22-15-13-21(14-16-22)17-19-9-5-2-6-10-19/h1-10H,11-17H2. The maximum Gasteiger partial charge on any atom is 0.222 e. The van der Waals surface area contributed by atoms with Gasteiger partial charge in [-0.05, 0) is 17.5 Å². The minimum absolute atomic E-state index is 0.285. The van der Waals surface area contributed by atoms with Crippen molar-refractivity contribution in [2.24, 2.45) is 0 Å². The van der Waals surface area contributed by atoms with Crippen molar-refractivity contribution in [2.75, 3.05) is 26.2 Å². The SMILES string of the molecule is O=C(CCc1ccccc1)N1CCN(Cc2ccccc2)CC1. The van der Waals surface area contributed by atoms with Gasteiger partial charge in [0.25, 0.3) is 0 Å². The summed E-state index contributed by atoms with van der Waals surface area (Å²) in [6.07, 6.45) is 1.45. The van der Waals surface area contributed by atoms with Crippen molar-refractivity contribution < 1.29 is 4.79 Å². The minimum atomic E-state index is 0.285. The molecule has 1 amide bonds. The lowest BCUT2D eigenvalue weighted by Gasteiger charge is -2.34. The number of carbonyl (C=O) groups is 1. The summed E-state index contributed by atoms with van der Waals surface area (Å²) in [4.78, 5) is 16.8. The van der Waals surface area contributed by atoms with Crippen molar-refractivity contribution in [1.82, 2.24) is 9.80 Å². The first-order valence-corrected chi connectivity index (χ1v) is 8.39. The predicted octanol–water partition coefficient (Wildman–Crippen LogP) is 2.96. The molecule has 1 saturated heterocycles. The molecule has 0 saturated carbocycles. The fraction of sp³-hybridized carbons (Fsp3) is 0.350. The van der Waals surface area contributed by atoms with Crippen LogP contribution >= 0.6 is 0 Å². The highest BCUT2D eigenvalue weighted by Crippen LogP contribution is 2.10. The third-order valence-corrected chi connectivity index (χ3v) is 4.44. The molecule has 0 spiro atoms. The van der Waals surface area contributed by atoms with E-state index in [9.17, 15) is 4.79 Å². The van der Waals surface area contributed by atoms with E-state index in [1.807, 2.05) is 29.2 Å². The van der Waals surface area contributed by atoms with Crippen LogP contribution in [0.2, 0.25) is 0 Å². The topological polar surface area (TPSA) is 23.6 Å². The molecular weight excluding hydrogens is 284 g/mol. The van der Waals surface area contributed by atoms with E-state index < -0.39 is 0 Å². The smallest absolute Gasteiger partial charge is 0.222 e. The molecule has 0 unspecified atom stereocenters. The van der Waals surface area contributed by atoms with Crippen molar-refractivity contribution >= 4 is 5.91 Å². The molecule has 2 aromatic carbocycles. The van der Waals surface area contributed by atoms with Gasteiger partial charge < -0.3 is 4.90 Å². The second kappa shape index (κ2) is 7.93. The highest BCUT2D eigenvalue weighted by molar-refractivity contribution is 5.76. The number of aryl methyl sites for hydroxylation is 1. The molecule has 0 radical (unpaired) electrons. The molecule has 0 aromatic heterocycles. The van der Waals surface area contributed by atoms with Crippen molar-refractivity contribution in [2.45, 2.75) is 19.4 Å². The number of benzene rings is 2. The van der Waals surface area contributed by atoms with E-state index in [4.69, 9.17) is 0 Å². The lowest BCUT2D eigenvalue weighted by atomic mass is 10.1. The molecule has 1 fully saturated rings. The Balaban J connectivity index is 1.42. The monoisotopic (exact) mass is 308 g/mol. The zero-order valence-electron chi connectivity index (χ0n) is 13.5. The predicted molar refractivity (Wildman–Crippen MR) is 93.1 cm³/mol. The van der Waals surface area contributed by atoms with Crippen LogP contribution in [-0.4, -0.2) is 41.9 Å². The zero-order chi connectivity index (χ0) is 15.9. The van der Waals surface area contributed by atoms with Gasteiger partial charge in [0, 0.05) is 39.1 Å². The molecule has 3 heteroatoms. The third kappa shape index (κ3) is 4.67. The average Bonchev–Trinajstić information content (AvgIpc) is 2.62. The van der Waals surface area contributed by atoms with E-state index in [2.05, 4.69) is 41.3 Å². The number of amides is 1.